The van der Waals surface area contributed by atoms with Crippen molar-refractivity contribution in [1.29, 1.82) is 0 Å². The molecule has 0 aliphatic heterocycles. The molecule has 2 aromatic rings. The third-order valence-electron chi connectivity index (χ3n) is 4.06. The molecule has 3 unspecified atom stereocenters. The molecular weight excluding hydrogens is 312 g/mol. The second kappa shape index (κ2) is 8.02. The van der Waals surface area contributed by atoms with E-state index in [1.54, 1.807) is 6.92 Å². The monoisotopic (exact) mass is 333 g/mol. The molecule has 0 aromatic heterocycles. The van der Waals surface area contributed by atoms with Crippen LogP contribution in [0.4, 0.5) is 8.78 Å². The fourth-order valence-electron chi connectivity index (χ4n) is 2.53. The van der Waals surface area contributed by atoms with E-state index in [1.807, 2.05) is 30.3 Å². The van der Waals surface area contributed by atoms with Crippen molar-refractivity contribution in [3.8, 4) is 0 Å². The Morgan fingerprint density at radius 3 is 2.21 bits per heavy atom. The summed E-state index contributed by atoms with van der Waals surface area (Å²) in [4.78, 5) is 12.3. The molecule has 3 atom stereocenters. The van der Waals surface area contributed by atoms with Gasteiger partial charge in [-0.15, -0.1) is 0 Å². The highest BCUT2D eigenvalue weighted by Crippen LogP contribution is 2.22. The standard InChI is InChI=1S/C19H21F2NO2/c1-12(18-15(20)9-6-10-16(18)21)19(24)22-13(2)17(23)11-14-7-4-3-5-8-14/h3-10,12-13,17,23H,11H2,1-2H3,(H,22,24). The Hall–Kier alpha value is -2.27. The van der Waals surface area contributed by atoms with Crippen molar-refractivity contribution in [1.82, 2.24) is 5.32 Å². The van der Waals surface area contributed by atoms with Crippen molar-refractivity contribution in [3.63, 3.8) is 0 Å². The van der Waals surface area contributed by atoms with E-state index in [-0.39, 0.29) is 5.56 Å². The molecule has 24 heavy (non-hydrogen) atoms. The van der Waals surface area contributed by atoms with Crippen LogP contribution in [0.25, 0.3) is 0 Å². The Kier molecular flexibility index (Phi) is 6.04. The number of nitrogens with one attached hydrogen (secondary N) is 1. The minimum absolute atomic E-state index is 0.264. The lowest BCUT2D eigenvalue weighted by molar-refractivity contribution is -0.123. The maximum absolute atomic E-state index is 13.8. The van der Waals surface area contributed by atoms with Gasteiger partial charge in [-0.25, -0.2) is 8.78 Å². The number of halogens is 2. The topological polar surface area (TPSA) is 49.3 Å². The summed E-state index contributed by atoms with van der Waals surface area (Å²) in [6, 6.07) is 12.3. The van der Waals surface area contributed by atoms with Gasteiger partial charge in [-0.3, -0.25) is 4.79 Å². The number of hydrogen-bond acceptors (Lipinski definition) is 2. The summed E-state index contributed by atoms with van der Waals surface area (Å²) in [7, 11) is 0. The molecule has 0 radical (unpaired) electrons. The predicted molar refractivity (Wildman–Crippen MR) is 88.5 cm³/mol. The summed E-state index contributed by atoms with van der Waals surface area (Å²) in [5.74, 6) is -3.03. The molecule has 1 amide bonds. The van der Waals surface area contributed by atoms with Gasteiger partial charge in [-0.2, -0.15) is 0 Å². The van der Waals surface area contributed by atoms with Crippen molar-refractivity contribution in [2.24, 2.45) is 0 Å². The van der Waals surface area contributed by atoms with Crippen molar-refractivity contribution in [2.45, 2.75) is 38.3 Å². The second-order valence-electron chi connectivity index (χ2n) is 5.91. The molecule has 2 aromatic carbocycles. The zero-order valence-corrected chi connectivity index (χ0v) is 13.7. The highest BCUT2D eigenvalue weighted by atomic mass is 19.1. The Labute approximate surface area is 140 Å². The van der Waals surface area contributed by atoms with Crippen LogP contribution in [0, 0.1) is 11.6 Å². The fraction of sp³-hybridized carbons (Fsp3) is 0.316. The van der Waals surface area contributed by atoms with Crippen LogP contribution in [0.2, 0.25) is 0 Å². The number of carbonyl (C=O) groups is 1. The summed E-state index contributed by atoms with van der Waals surface area (Å²) >= 11 is 0. The molecule has 128 valence electrons. The molecule has 0 aliphatic rings. The summed E-state index contributed by atoms with van der Waals surface area (Å²) in [6.07, 6.45) is -0.418. The fourth-order valence-corrected chi connectivity index (χ4v) is 2.53. The quantitative estimate of drug-likeness (QED) is 0.853. The Balaban J connectivity index is 2.00. The molecule has 0 heterocycles. The predicted octanol–water partition coefficient (Wildman–Crippen LogP) is 3.18. The molecule has 0 bridgehead atoms. The average molecular weight is 333 g/mol. The molecule has 0 aliphatic carbocycles. The van der Waals surface area contributed by atoms with E-state index in [0.717, 1.165) is 17.7 Å². The van der Waals surface area contributed by atoms with E-state index in [0.29, 0.717) is 6.42 Å². The molecule has 0 saturated heterocycles. The molecule has 0 saturated carbocycles. The summed E-state index contributed by atoms with van der Waals surface area (Å²) in [5.41, 5.74) is 0.680. The van der Waals surface area contributed by atoms with Gasteiger partial charge < -0.3 is 10.4 Å². The van der Waals surface area contributed by atoms with E-state index in [2.05, 4.69) is 5.32 Å². The summed E-state index contributed by atoms with van der Waals surface area (Å²) in [5, 5.41) is 12.8. The van der Waals surface area contributed by atoms with Gasteiger partial charge in [-0.05, 0) is 31.5 Å². The first-order chi connectivity index (χ1) is 11.4. The van der Waals surface area contributed by atoms with E-state index >= 15 is 0 Å². The summed E-state index contributed by atoms with van der Waals surface area (Å²) in [6.45, 7) is 3.10. The first kappa shape index (κ1) is 18.1. The molecule has 5 heteroatoms. The number of hydrogen-bond donors (Lipinski definition) is 2. The molecule has 0 fully saturated rings. The molecule has 2 rings (SSSR count). The maximum atomic E-state index is 13.8. The highest BCUT2D eigenvalue weighted by molar-refractivity contribution is 5.83. The SMILES string of the molecule is CC(C(=O)NC(C)C(O)Cc1ccccc1)c1c(F)cccc1F. The van der Waals surface area contributed by atoms with Crippen LogP contribution >= 0.6 is 0 Å². The number of amides is 1. The zero-order chi connectivity index (χ0) is 17.7. The minimum atomic E-state index is -0.988. The van der Waals surface area contributed by atoms with E-state index in [4.69, 9.17) is 0 Å². The number of carbonyl (C=O) groups excluding carboxylic acids is 1. The minimum Gasteiger partial charge on any atom is -0.391 e. The van der Waals surface area contributed by atoms with Crippen LogP contribution in [0.15, 0.2) is 48.5 Å². The first-order valence-corrected chi connectivity index (χ1v) is 7.86. The third kappa shape index (κ3) is 4.38. The average Bonchev–Trinajstić information content (AvgIpc) is 2.55. The molecule has 3 nitrogen and oxygen atoms in total. The van der Waals surface area contributed by atoms with Crippen LogP contribution < -0.4 is 5.32 Å². The molecule has 0 spiro atoms. The van der Waals surface area contributed by atoms with Crippen LogP contribution in [0.3, 0.4) is 0 Å². The van der Waals surface area contributed by atoms with Gasteiger partial charge in [-0.1, -0.05) is 36.4 Å². The zero-order valence-electron chi connectivity index (χ0n) is 13.7. The van der Waals surface area contributed by atoms with Gasteiger partial charge in [0.1, 0.15) is 11.6 Å². The number of aliphatic hydroxyl groups excluding tert-OH is 1. The van der Waals surface area contributed by atoms with Gasteiger partial charge in [0.25, 0.3) is 0 Å². The highest BCUT2D eigenvalue weighted by Gasteiger charge is 2.25. The van der Waals surface area contributed by atoms with Gasteiger partial charge in [0.05, 0.1) is 18.1 Å². The van der Waals surface area contributed by atoms with Crippen LogP contribution in [0.5, 0.6) is 0 Å². The number of aliphatic hydroxyl groups is 1. The van der Waals surface area contributed by atoms with Gasteiger partial charge >= 0.3 is 0 Å². The Morgan fingerprint density at radius 1 is 1.04 bits per heavy atom. The lowest BCUT2D eigenvalue weighted by Crippen LogP contribution is -2.43. The Bertz CT molecular complexity index is 671. The third-order valence-corrected chi connectivity index (χ3v) is 4.06. The Morgan fingerprint density at radius 2 is 1.62 bits per heavy atom. The van der Waals surface area contributed by atoms with E-state index < -0.39 is 35.6 Å². The number of rotatable bonds is 6. The van der Waals surface area contributed by atoms with E-state index in [1.165, 1.54) is 13.0 Å². The normalized spacial score (nSPS) is 14.7. The molecular formula is C19H21F2NO2. The van der Waals surface area contributed by atoms with Gasteiger partial charge in [0.15, 0.2) is 0 Å². The van der Waals surface area contributed by atoms with E-state index in [9.17, 15) is 18.7 Å². The van der Waals surface area contributed by atoms with Crippen LogP contribution in [-0.4, -0.2) is 23.2 Å². The van der Waals surface area contributed by atoms with Crippen molar-refractivity contribution in [3.05, 3.63) is 71.3 Å². The van der Waals surface area contributed by atoms with Crippen LogP contribution in [-0.2, 0) is 11.2 Å². The second-order valence-corrected chi connectivity index (χ2v) is 5.91. The number of benzene rings is 2. The maximum Gasteiger partial charge on any atom is 0.227 e. The van der Waals surface area contributed by atoms with Crippen molar-refractivity contribution < 1.29 is 18.7 Å². The largest absolute Gasteiger partial charge is 0.391 e. The smallest absolute Gasteiger partial charge is 0.227 e. The summed E-state index contributed by atoms with van der Waals surface area (Å²) < 4.78 is 27.6. The lowest BCUT2D eigenvalue weighted by atomic mass is 9.97. The van der Waals surface area contributed by atoms with Crippen molar-refractivity contribution >= 4 is 5.91 Å². The van der Waals surface area contributed by atoms with Gasteiger partial charge in [0.2, 0.25) is 5.91 Å². The first-order valence-electron chi connectivity index (χ1n) is 7.86. The lowest BCUT2D eigenvalue weighted by Gasteiger charge is -2.23. The molecule has 2 N–H and O–H groups in total. The van der Waals surface area contributed by atoms with Gasteiger partial charge in [0, 0.05) is 12.0 Å². The van der Waals surface area contributed by atoms with Crippen LogP contribution in [0.1, 0.15) is 30.9 Å². The van der Waals surface area contributed by atoms with Crippen molar-refractivity contribution in [2.75, 3.05) is 0 Å².